The summed E-state index contributed by atoms with van der Waals surface area (Å²) in [5, 5.41) is 0. The zero-order chi connectivity index (χ0) is 44.4. The molecule has 0 amide bonds. The van der Waals surface area contributed by atoms with E-state index in [4.69, 9.17) is 9.97 Å². The van der Waals surface area contributed by atoms with Crippen LogP contribution >= 0.6 is 0 Å². The first-order valence-electron chi connectivity index (χ1n) is 18.5. The number of nitrogens with zero attached hydrogens (tertiary/aromatic N) is 2. The number of aromatic nitrogens is 4. The topological polar surface area (TPSA) is 258 Å². The molecule has 5 heterocycles. The maximum atomic E-state index is 12.0. The molecule has 9 rings (SSSR count). The molecule has 0 saturated carbocycles. The van der Waals surface area contributed by atoms with Crippen molar-refractivity contribution < 1.29 is 47.7 Å². The first-order chi connectivity index (χ1) is 29.9. The van der Waals surface area contributed by atoms with Crippen LogP contribution in [-0.2, 0) is 41.4 Å². The minimum atomic E-state index is -4.53. The van der Waals surface area contributed by atoms with Gasteiger partial charge in [0.1, 0.15) is 0 Å². The summed E-state index contributed by atoms with van der Waals surface area (Å²) in [6.07, 6.45) is 7.07. The van der Waals surface area contributed by atoms with Crippen molar-refractivity contribution in [2.75, 3.05) is 0 Å². The van der Waals surface area contributed by atoms with E-state index in [2.05, 4.69) is 9.97 Å². The molecule has 63 heavy (non-hydrogen) atoms. The highest BCUT2D eigenvalue weighted by Crippen LogP contribution is 2.39. The highest BCUT2D eigenvalue weighted by molar-refractivity contribution is 7.86. The van der Waals surface area contributed by atoms with Crippen LogP contribution in [0.4, 0.5) is 0 Å². The molecule has 8 bridgehead atoms. The van der Waals surface area contributed by atoms with E-state index in [0.717, 1.165) is 0 Å². The number of nitrogens with one attached hydrogen (secondary N) is 2. The number of fused-ring (bicyclic) bond motifs is 8. The van der Waals surface area contributed by atoms with Gasteiger partial charge in [-0.25, -0.2) is 14.2 Å². The van der Waals surface area contributed by atoms with Gasteiger partial charge in [0.05, 0.1) is 42.4 Å². The highest BCUT2D eigenvalue weighted by Gasteiger charge is 2.21. The predicted octanol–water partition coefficient (Wildman–Crippen LogP) is 8.64. The van der Waals surface area contributed by atoms with E-state index in [1.54, 1.807) is 54.6 Å². The molecule has 6 N–H and O–H groups in total. The van der Waals surface area contributed by atoms with Gasteiger partial charge in [-0.3, -0.25) is 13.7 Å². The van der Waals surface area contributed by atoms with Crippen molar-refractivity contribution in [1.82, 2.24) is 19.9 Å². The third-order valence-electron chi connectivity index (χ3n) is 10.4. The van der Waals surface area contributed by atoms with Gasteiger partial charge in [-0.1, -0.05) is 48.5 Å². The van der Waals surface area contributed by atoms with Gasteiger partial charge >= 0.3 is 0 Å². The zero-order valence-corrected chi connectivity index (χ0v) is 35.3. The van der Waals surface area contributed by atoms with Gasteiger partial charge in [0.2, 0.25) is 0 Å². The molecule has 0 saturated heterocycles. The van der Waals surface area contributed by atoms with Crippen LogP contribution in [-0.4, -0.2) is 67.6 Å². The molecule has 0 radical (unpaired) electrons. The Balaban J connectivity index is 1.43. The van der Waals surface area contributed by atoms with Crippen LogP contribution in [0, 0.1) is 0 Å². The van der Waals surface area contributed by atoms with Crippen LogP contribution < -0.4 is 0 Å². The van der Waals surface area contributed by atoms with Gasteiger partial charge in [0.15, 0.2) is 11.1 Å². The van der Waals surface area contributed by atoms with Crippen LogP contribution in [0.1, 0.15) is 22.8 Å². The molecule has 19 heteroatoms. The van der Waals surface area contributed by atoms with Crippen molar-refractivity contribution in [3.8, 4) is 44.5 Å². The second-order valence-corrected chi connectivity index (χ2v) is 19.5. The molecule has 1 atom stereocenters. The Labute approximate surface area is 361 Å². The SMILES string of the molecule is O=S(O)c1ccc(-c2c3nc(c(-c4ccc(S(=O)(=O)O)cc4)c4ccc([nH]4)c(-c4ccc(S(=O)(=O)O)cc4)c4nc(c(-c5ccc(S(=O)(=O)O)cc5)c5ccc2[nH]5)C=C4)C=C3)cc1. The summed E-state index contributed by atoms with van der Waals surface area (Å²) in [6.45, 7) is 0. The molecular formula is C44H30N4O11S4. The van der Waals surface area contributed by atoms with Crippen LogP contribution in [0.2, 0.25) is 0 Å². The first kappa shape index (κ1) is 41.7. The van der Waals surface area contributed by atoms with Crippen molar-refractivity contribution in [3.63, 3.8) is 0 Å². The van der Waals surface area contributed by atoms with Crippen LogP contribution in [0.15, 0.2) is 141 Å². The summed E-state index contributed by atoms with van der Waals surface area (Å²) in [7, 11) is -13.6. The zero-order valence-electron chi connectivity index (χ0n) is 32.0. The maximum absolute atomic E-state index is 12.0. The molecule has 2 aliphatic rings. The van der Waals surface area contributed by atoms with Gasteiger partial charge in [-0.15, -0.1) is 0 Å². The molecule has 4 aromatic carbocycles. The largest absolute Gasteiger partial charge is 0.354 e. The summed E-state index contributed by atoms with van der Waals surface area (Å²) in [5.41, 5.74) is 8.21. The summed E-state index contributed by atoms with van der Waals surface area (Å²) < 4.78 is 123. The Morgan fingerprint density at radius 3 is 0.841 bits per heavy atom. The Bertz CT molecular complexity index is 3570. The van der Waals surface area contributed by atoms with E-state index in [1.807, 2.05) is 6.07 Å². The standard InChI is InChI=1S/C44H30N4O11S4/c49-60(50)29-9-1-25(2-10-29)41-33-17-19-35(45-33)42(26-3-11-30(12-4-26)61(51,52)53)37-21-23-39(47-37)44(28-7-15-32(16-8-28)63(57,58)59)40-24-22-38(48-40)43(36-20-18-34(41)46-36)27-5-13-31(14-6-27)62(54,55)56/h1-24,45,48H,(H,49,50)(H,51,52,53)(H,54,55,56)(H,57,58,59). The van der Waals surface area contributed by atoms with Gasteiger partial charge < -0.3 is 14.5 Å². The number of hydrogen-bond donors (Lipinski definition) is 6. The van der Waals surface area contributed by atoms with Gasteiger partial charge in [-0.05, 0) is 119 Å². The number of hydrogen-bond acceptors (Lipinski definition) is 9. The lowest BCUT2D eigenvalue weighted by atomic mass is 10.0. The molecule has 3 aromatic heterocycles. The smallest absolute Gasteiger partial charge is 0.294 e. The number of H-pyrrole nitrogens is 2. The fraction of sp³-hybridized carbons (Fsp3) is 0. The van der Waals surface area contributed by atoms with E-state index in [-0.39, 0.29) is 19.6 Å². The summed E-state index contributed by atoms with van der Waals surface area (Å²) in [6, 6.07) is 30.4. The van der Waals surface area contributed by atoms with Crippen molar-refractivity contribution in [1.29, 1.82) is 0 Å². The fourth-order valence-corrected chi connectivity index (χ4v) is 9.35. The van der Waals surface area contributed by atoms with Crippen molar-refractivity contribution in [2.45, 2.75) is 19.6 Å². The summed E-state index contributed by atoms with van der Waals surface area (Å²) >= 11 is -2.24. The monoisotopic (exact) mass is 918 g/mol. The minimum Gasteiger partial charge on any atom is -0.354 e. The molecule has 0 spiro atoms. The molecule has 0 aliphatic carbocycles. The molecule has 0 fully saturated rings. The molecule has 7 aromatic rings. The lowest BCUT2D eigenvalue weighted by molar-refractivity contribution is 0.481. The van der Waals surface area contributed by atoms with E-state index in [0.29, 0.717) is 89.4 Å². The average Bonchev–Trinajstić information content (AvgIpc) is 4.09. The Hall–Kier alpha value is -6.68. The molecule has 2 aliphatic heterocycles. The van der Waals surface area contributed by atoms with Crippen LogP contribution in [0.25, 0.3) is 90.9 Å². The third kappa shape index (κ3) is 8.10. The van der Waals surface area contributed by atoms with Crippen molar-refractivity contribution in [3.05, 3.63) is 144 Å². The van der Waals surface area contributed by atoms with Crippen LogP contribution in [0.3, 0.4) is 0 Å². The van der Waals surface area contributed by atoms with E-state index < -0.39 is 41.4 Å². The highest BCUT2D eigenvalue weighted by atomic mass is 32.2. The predicted molar refractivity (Wildman–Crippen MR) is 239 cm³/mol. The molecule has 316 valence electrons. The lowest BCUT2D eigenvalue weighted by Gasteiger charge is -2.08. The van der Waals surface area contributed by atoms with E-state index in [9.17, 15) is 47.7 Å². The van der Waals surface area contributed by atoms with Crippen LogP contribution in [0.5, 0.6) is 0 Å². The molecular weight excluding hydrogens is 889 g/mol. The minimum absolute atomic E-state index is 0.176. The fourth-order valence-electron chi connectivity index (χ4n) is 7.54. The van der Waals surface area contributed by atoms with E-state index in [1.165, 1.54) is 84.9 Å². The third-order valence-corrected chi connectivity index (χ3v) is 13.7. The van der Waals surface area contributed by atoms with E-state index >= 15 is 0 Å². The Morgan fingerprint density at radius 1 is 0.381 bits per heavy atom. The van der Waals surface area contributed by atoms with Gasteiger partial charge in [0.25, 0.3) is 30.4 Å². The quantitative estimate of drug-likeness (QED) is 0.0617. The van der Waals surface area contributed by atoms with Crippen molar-refractivity contribution >= 4 is 87.8 Å². The second-order valence-electron chi connectivity index (χ2n) is 14.3. The molecule has 15 nitrogen and oxygen atoms in total. The van der Waals surface area contributed by atoms with Crippen molar-refractivity contribution in [2.24, 2.45) is 0 Å². The summed E-state index contributed by atoms with van der Waals surface area (Å²) in [5.74, 6) is 0. The average molecular weight is 919 g/mol. The second kappa shape index (κ2) is 15.6. The number of benzene rings is 4. The number of aromatic amines is 2. The first-order valence-corrected chi connectivity index (χ1v) is 24.0. The lowest BCUT2D eigenvalue weighted by Crippen LogP contribution is -1.97. The molecule has 1 unspecified atom stereocenters. The Kier molecular flexibility index (Phi) is 10.3. The normalized spacial score (nSPS) is 13.3. The van der Waals surface area contributed by atoms with Gasteiger partial charge in [-0.2, -0.15) is 25.3 Å². The van der Waals surface area contributed by atoms with Gasteiger partial charge in [0, 0.05) is 44.3 Å². The number of rotatable bonds is 8. The maximum Gasteiger partial charge on any atom is 0.294 e. The Morgan fingerprint density at radius 2 is 0.619 bits per heavy atom. The summed E-state index contributed by atoms with van der Waals surface area (Å²) in [4.78, 5) is 16.3.